The minimum absolute atomic E-state index is 0.110. The van der Waals surface area contributed by atoms with E-state index in [9.17, 15) is 9.59 Å². The predicted molar refractivity (Wildman–Crippen MR) is 133 cm³/mol. The van der Waals surface area contributed by atoms with Crippen molar-refractivity contribution in [2.45, 2.75) is 51.6 Å². The molecule has 2 amide bonds. The summed E-state index contributed by atoms with van der Waals surface area (Å²) < 4.78 is 10.3. The molecule has 0 aromatic heterocycles. The lowest BCUT2D eigenvalue weighted by atomic mass is 10.1. The highest BCUT2D eigenvalue weighted by molar-refractivity contribution is 5.68. The number of amides is 2. The fourth-order valence-corrected chi connectivity index (χ4v) is 2.95. The molecule has 0 aliphatic heterocycles. The first-order valence-corrected chi connectivity index (χ1v) is 11.5. The number of ether oxygens (including phenoxy) is 2. The third-order valence-electron chi connectivity index (χ3n) is 4.87. The highest BCUT2D eigenvalue weighted by atomic mass is 16.6. The number of rotatable bonds is 10. The maximum absolute atomic E-state index is 11.8. The van der Waals surface area contributed by atoms with Gasteiger partial charge in [0, 0.05) is 12.8 Å². The van der Waals surface area contributed by atoms with Crippen molar-refractivity contribution in [3.63, 3.8) is 0 Å². The molecule has 2 aromatic carbocycles. The van der Waals surface area contributed by atoms with E-state index in [-0.39, 0.29) is 12.1 Å². The zero-order chi connectivity index (χ0) is 24.4. The topological polar surface area (TPSA) is 76.7 Å². The van der Waals surface area contributed by atoms with E-state index in [2.05, 4.69) is 34.3 Å². The highest BCUT2D eigenvalue weighted by Crippen LogP contribution is 2.12. The number of carbonyl (C=O) groups excluding carboxylic acids is 2. The molecule has 6 heteroatoms. The molecule has 0 aliphatic rings. The van der Waals surface area contributed by atoms with Crippen LogP contribution in [-0.2, 0) is 9.47 Å². The van der Waals surface area contributed by atoms with Crippen molar-refractivity contribution in [3.05, 3.63) is 71.8 Å². The van der Waals surface area contributed by atoms with E-state index in [4.69, 9.17) is 9.47 Å². The van der Waals surface area contributed by atoms with E-state index in [1.807, 2.05) is 74.5 Å². The van der Waals surface area contributed by atoms with Gasteiger partial charge >= 0.3 is 12.2 Å². The van der Waals surface area contributed by atoms with Crippen molar-refractivity contribution in [3.8, 4) is 23.7 Å². The monoisotopic (exact) mass is 460 g/mol. The summed E-state index contributed by atoms with van der Waals surface area (Å²) in [4.78, 5) is 23.6. The van der Waals surface area contributed by atoms with Gasteiger partial charge in [0.05, 0.1) is 25.3 Å². The van der Waals surface area contributed by atoms with E-state index >= 15 is 0 Å². The summed E-state index contributed by atoms with van der Waals surface area (Å²) in [5.74, 6) is 11.5. The van der Waals surface area contributed by atoms with Crippen LogP contribution in [0.2, 0.25) is 0 Å². The van der Waals surface area contributed by atoms with E-state index < -0.39 is 12.2 Å². The number of nitrogens with one attached hydrogen (secondary N) is 2. The van der Waals surface area contributed by atoms with Crippen LogP contribution in [0.15, 0.2) is 60.7 Å². The van der Waals surface area contributed by atoms with E-state index in [0.717, 1.165) is 11.1 Å². The summed E-state index contributed by atoms with van der Waals surface area (Å²) in [5.41, 5.74) is 2.05. The summed E-state index contributed by atoms with van der Waals surface area (Å²) in [6.45, 7) is 4.43. The Labute approximate surface area is 202 Å². The molecule has 2 N–H and O–H groups in total. The van der Waals surface area contributed by atoms with Gasteiger partial charge in [0.2, 0.25) is 0 Å². The number of alkyl carbamates (subject to hydrolysis) is 2. The predicted octanol–water partition coefficient (Wildman–Crippen LogP) is 5.53. The number of unbranched alkanes of at least 4 members (excludes halogenated alkanes) is 2. The van der Waals surface area contributed by atoms with E-state index in [1.165, 1.54) is 0 Å². The van der Waals surface area contributed by atoms with Gasteiger partial charge in [-0.05, 0) is 49.7 Å². The van der Waals surface area contributed by atoms with Gasteiger partial charge in [-0.2, -0.15) is 0 Å². The van der Waals surface area contributed by atoms with Crippen LogP contribution in [0.25, 0.3) is 0 Å². The molecular weight excluding hydrogens is 428 g/mol. The lowest BCUT2D eigenvalue weighted by Crippen LogP contribution is -2.27. The Kier molecular flexibility index (Phi) is 12.3. The Morgan fingerprint density at radius 3 is 1.47 bits per heavy atom. The van der Waals surface area contributed by atoms with Crippen LogP contribution in [0, 0.1) is 23.7 Å². The molecule has 34 heavy (non-hydrogen) atoms. The molecular formula is C28H32N2O4. The summed E-state index contributed by atoms with van der Waals surface area (Å²) in [6, 6.07) is 19.2. The first-order chi connectivity index (χ1) is 16.6. The molecule has 0 saturated carbocycles. The fraction of sp³-hybridized carbons (Fsp3) is 0.357. The molecule has 178 valence electrons. The Balaban J connectivity index is 1.47. The Bertz CT molecular complexity index is 917. The third kappa shape index (κ3) is 11.1. The van der Waals surface area contributed by atoms with Crippen LogP contribution in [0.1, 0.15) is 62.7 Å². The van der Waals surface area contributed by atoms with Crippen LogP contribution in [0.5, 0.6) is 0 Å². The maximum Gasteiger partial charge on any atom is 0.407 e. The summed E-state index contributed by atoms with van der Waals surface area (Å²) in [5, 5.41) is 5.60. The lowest BCUT2D eigenvalue weighted by Gasteiger charge is -2.14. The molecule has 2 aromatic rings. The van der Waals surface area contributed by atoms with Crippen molar-refractivity contribution in [2.24, 2.45) is 0 Å². The number of hydrogen-bond donors (Lipinski definition) is 2. The Morgan fingerprint density at radius 2 is 1.09 bits per heavy atom. The van der Waals surface area contributed by atoms with Gasteiger partial charge in [-0.25, -0.2) is 9.59 Å². The molecule has 0 bridgehead atoms. The van der Waals surface area contributed by atoms with Crippen molar-refractivity contribution >= 4 is 12.2 Å². The summed E-state index contributed by atoms with van der Waals surface area (Å²) in [6.07, 6.45) is 1.61. The third-order valence-corrected chi connectivity index (χ3v) is 4.87. The van der Waals surface area contributed by atoms with Crippen LogP contribution in [0.3, 0.4) is 0 Å². The Hall–Kier alpha value is -3.90. The van der Waals surface area contributed by atoms with Gasteiger partial charge in [0.1, 0.15) is 0 Å². The second-order valence-electron chi connectivity index (χ2n) is 7.64. The standard InChI is InChI=1S/C28H32N2O4/c1-23(25-17-11-9-12-18-25)29-27(31)33-21-15-7-5-3-4-6-8-16-22-34-28(32)30-24(2)26-19-13-10-14-20-26/h9-14,17-20,23-24H,7-8,15-16,21-22H2,1-2H3,(H,29,31)(H,30,32)/t23-,24-/m0/s1. The van der Waals surface area contributed by atoms with E-state index in [1.54, 1.807) is 0 Å². The average Bonchev–Trinajstić information content (AvgIpc) is 2.85. The fourth-order valence-electron chi connectivity index (χ4n) is 2.95. The molecule has 0 fully saturated rings. The van der Waals surface area contributed by atoms with Gasteiger partial charge in [0.25, 0.3) is 0 Å². The first kappa shape index (κ1) is 26.4. The normalized spacial score (nSPS) is 11.5. The molecule has 6 nitrogen and oxygen atoms in total. The molecule has 0 aliphatic carbocycles. The second-order valence-corrected chi connectivity index (χ2v) is 7.64. The molecule has 2 atom stereocenters. The van der Waals surface area contributed by atoms with Gasteiger partial charge in [-0.3, -0.25) is 0 Å². The lowest BCUT2D eigenvalue weighted by molar-refractivity contribution is 0.141. The van der Waals surface area contributed by atoms with Crippen molar-refractivity contribution in [1.29, 1.82) is 0 Å². The van der Waals surface area contributed by atoms with Gasteiger partial charge < -0.3 is 20.1 Å². The first-order valence-electron chi connectivity index (χ1n) is 11.5. The number of carbonyl (C=O) groups is 2. The van der Waals surface area contributed by atoms with Crippen LogP contribution in [-0.4, -0.2) is 25.4 Å². The Morgan fingerprint density at radius 1 is 0.706 bits per heavy atom. The van der Waals surface area contributed by atoms with Crippen molar-refractivity contribution < 1.29 is 19.1 Å². The summed E-state index contributed by atoms with van der Waals surface area (Å²) >= 11 is 0. The number of benzene rings is 2. The summed E-state index contributed by atoms with van der Waals surface area (Å²) in [7, 11) is 0. The van der Waals surface area contributed by atoms with Crippen molar-refractivity contribution in [1.82, 2.24) is 10.6 Å². The minimum Gasteiger partial charge on any atom is -0.450 e. The van der Waals surface area contributed by atoms with Crippen LogP contribution >= 0.6 is 0 Å². The minimum atomic E-state index is -0.436. The second kappa shape index (κ2) is 15.8. The largest absolute Gasteiger partial charge is 0.450 e. The number of hydrogen-bond acceptors (Lipinski definition) is 4. The maximum atomic E-state index is 11.8. The van der Waals surface area contributed by atoms with Gasteiger partial charge in [-0.1, -0.05) is 72.5 Å². The molecule has 0 spiro atoms. The molecule has 0 radical (unpaired) electrons. The molecule has 0 saturated heterocycles. The highest BCUT2D eigenvalue weighted by Gasteiger charge is 2.10. The zero-order valence-electron chi connectivity index (χ0n) is 19.8. The smallest absolute Gasteiger partial charge is 0.407 e. The SMILES string of the molecule is C[C@H](NC(=O)OCCCC#CC#CCCCOC(=O)N[C@@H](C)c1ccccc1)c1ccccc1. The van der Waals surface area contributed by atoms with Crippen LogP contribution < -0.4 is 10.6 Å². The van der Waals surface area contributed by atoms with Gasteiger partial charge in [-0.15, -0.1) is 0 Å². The molecule has 0 heterocycles. The zero-order valence-corrected chi connectivity index (χ0v) is 19.8. The quantitative estimate of drug-likeness (QED) is 0.361. The molecule has 2 rings (SSSR count). The average molecular weight is 461 g/mol. The van der Waals surface area contributed by atoms with E-state index in [0.29, 0.717) is 38.9 Å². The van der Waals surface area contributed by atoms with Crippen LogP contribution in [0.4, 0.5) is 9.59 Å². The molecule has 0 unspecified atom stereocenters. The van der Waals surface area contributed by atoms with Gasteiger partial charge in [0.15, 0.2) is 0 Å². The van der Waals surface area contributed by atoms with Crippen molar-refractivity contribution in [2.75, 3.05) is 13.2 Å².